The van der Waals surface area contributed by atoms with Crippen LogP contribution in [0.15, 0.2) is 48.5 Å². The maximum absolute atomic E-state index is 12.4. The Morgan fingerprint density at radius 2 is 1.83 bits per heavy atom. The molecule has 0 atom stereocenters. The fourth-order valence-electron chi connectivity index (χ4n) is 3.69. The van der Waals surface area contributed by atoms with Gasteiger partial charge in [0.25, 0.3) is 0 Å². The van der Waals surface area contributed by atoms with E-state index in [1.165, 1.54) is 16.6 Å². The van der Waals surface area contributed by atoms with Crippen molar-refractivity contribution >= 4 is 28.2 Å². The quantitative estimate of drug-likeness (QED) is 0.718. The van der Waals surface area contributed by atoms with Gasteiger partial charge in [0, 0.05) is 24.0 Å². The van der Waals surface area contributed by atoms with Gasteiger partial charge in [0.1, 0.15) is 0 Å². The summed E-state index contributed by atoms with van der Waals surface area (Å²) in [6.45, 7) is 0.795. The molecule has 24 heavy (non-hydrogen) atoms. The van der Waals surface area contributed by atoms with Gasteiger partial charge in [0.05, 0.1) is 16.9 Å². The summed E-state index contributed by atoms with van der Waals surface area (Å²) in [5.74, 6) is 0.221. The molecule has 0 amide bonds. The van der Waals surface area contributed by atoms with E-state index >= 15 is 0 Å². The monoisotopic (exact) mass is 319 g/mol. The summed E-state index contributed by atoms with van der Waals surface area (Å²) in [7, 11) is 0. The van der Waals surface area contributed by atoms with Gasteiger partial charge >= 0.3 is 0 Å². The van der Waals surface area contributed by atoms with E-state index in [0.29, 0.717) is 6.42 Å². The topological polar surface area (TPSA) is 60.0 Å². The molecule has 1 aliphatic rings. The number of rotatable bonds is 4. The molecule has 0 aliphatic carbocycles. The van der Waals surface area contributed by atoms with Gasteiger partial charge in [0.2, 0.25) is 5.91 Å². The Morgan fingerprint density at radius 3 is 2.71 bits per heavy atom. The van der Waals surface area contributed by atoms with Crippen molar-refractivity contribution in [1.82, 2.24) is 4.57 Å². The molecule has 0 fully saturated rings. The summed E-state index contributed by atoms with van der Waals surface area (Å²) >= 11 is 0. The minimum atomic E-state index is 0.221. The molecule has 2 aromatic carbocycles. The second kappa shape index (κ2) is 6.04. The first-order valence-corrected chi connectivity index (χ1v) is 8.48. The van der Waals surface area contributed by atoms with Gasteiger partial charge < -0.3 is 11.1 Å². The lowest BCUT2D eigenvalue weighted by molar-refractivity contribution is 0.0889. The normalized spacial score (nSPS) is 13.9. The van der Waals surface area contributed by atoms with E-state index < -0.39 is 0 Å². The van der Waals surface area contributed by atoms with E-state index in [1.807, 2.05) is 47.0 Å². The average molecular weight is 319 g/mol. The lowest BCUT2D eigenvalue weighted by Gasteiger charge is -2.16. The molecule has 4 rings (SSSR count). The molecule has 4 nitrogen and oxygen atoms in total. The zero-order valence-corrected chi connectivity index (χ0v) is 13.6. The van der Waals surface area contributed by atoms with E-state index in [-0.39, 0.29) is 5.91 Å². The maximum atomic E-state index is 12.4. The molecular formula is C20H21N3O. The Hall–Kier alpha value is -2.75. The van der Waals surface area contributed by atoms with Gasteiger partial charge in [-0.25, -0.2) is 0 Å². The van der Waals surface area contributed by atoms with Crippen LogP contribution in [0.5, 0.6) is 0 Å². The summed E-state index contributed by atoms with van der Waals surface area (Å²) in [5.41, 5.74) is 11.2. The Bertz CT molecular complexity index is 910. The first-order chi connectivity index (χ1) is 11.8. The van der Waals surface area contributed by atoms with Gasteiger partial charge in [-0.3, -0.25) is 9.36 Å². The van der Waals surface area contributed by atoms with Crippen molar-refractivity contribution in [2.45, 2.75) is 25.7 Å². The van der Waals surface area contributed by atoms with Crippen LogP contribution >= 0.6 is 0 Å². The average Bonchev–Trinajstić information content (AvgIpc) is 2.92. The number of hydrogen-bond acceptors (Lipinski definition) is 3. The SMILES string of the molecule is Nc1ccccc1NCCc1c2n(c3ccccc13)C(=O)CCC2. The molecule has 0 unspecified atom stereocenters. The zero-order valence-electron chi connectivity index (χ0n) is 13.6. The number of anilines is 2. The number of nitrogens with two attached hydrogens (primary N) is 1. The highest BCUT2D eigenvalue weighted by Gasteiger charge is 2.23. The number of carbonyl (C=O) groups excluding carboxylic acids is 1. The second-order valence-electron chi connectivity index (χ2n) is 6.29. The van der Waals surface area contributed by atoms with E-state index in [1.54, 1.807) is 0 Å². The molecule has 1 aromatic heterocycles. The van der Waals surface area contributed by atoms with Crippen LogP contribution in [0.3, 0.4) is 0 Å². The van der Waals surface area contributed by atoms with Crippen LogP contribution in [-0.2, 0) is 12.8 Å². The molecule has 3 aromatic rings. The van der Waals surface area contributed by atoms with Gasteiger partial charge in [-0.15, -0.1) is 0 Å². The number of benzene rings is 2. The highest BCUT2D eigenvalue weighted by atomic mass is 16.2. The van der Waals surface area contributed by atoms with Crippen LogP contribution in [0.1, 0.15) is 28.9 Å². The third-order valence-electron chi connectivity index (χ3n) is 4.79. The number of carbonyl (C=O) groups is 1. The van der Waals surface area contributed by atoms with Gasteiger partial charge in [-0.05, 0) is 43.0 Å². The van der Waals surface area contributed by atoms with Crippen LogP contribution in [0.2, 0.25) is 0 Å². The Labute approximate surface area is 141 Å². The van der Waals surface area contributed by atoms with Crippen molar-refractivity contribution in [1.29, 1.82) is 0 Å². The van der Waals surface area contributed by atoms with Crippen LogP contribution < -0.4 is 11.1 Å². The van der Waals surface area contributed by atoms with E-state index in [2.05, 4.69) is 11.4 Å². The van der Waals surface area contributed by atoms with Crippen molar-refractivity contribution in [2.75, 3.05) is 17.6 Å². The molecule has 0 saturated carbocycles. The molecule has 3 N–H and O–H groups in total. The molecule has 2 heterocycles. The van der Waals surface area contributed by atoms with Gasteiger partial charge in [-0.2, -0.15) is 0 Å². The van der Waals surface area contributed by atoms with E-state index in [9.17, 15) is 4.79 Å². The summed E-state index contributed by atoms with van der Waals surface area (Å²) in [5, 5.41) is 4.61. The minimum Gasteiger partial charge on any atom is -0.397 e. The molecule has 1 aliphatic heterocycles. The Balaban J connectivity index is 1.65. The predicted octanol–water partition coefficient (Wildman–Crippen LogP) is 3.85. The summed E-state index contributed by atoms with van der Waals surface area (Å²) in [4.78, 5) is 12.4. The highest BCUT2D eigenvalue weighted by molar-refractivity contribution is 5.96. The lowest BCUT2D eigenvalue weighted by atomic mass is 10.0. The third-order valence-corrected chi connectivity index (χ3v) is 4.79. The maximum Gasteiger partial charge on any atom is 0.231 e. The lowest BCUT2D eigenvalue weighted by Crippen LogP contribution is -2.20. The Kier molecular flexibility index (Phi) is 3.73. The fraction of sp³-hybridized carbons (Fsp3) is 0.250. The number of fused-ring (bicyclic) bond motifs is 3. The first kappa shape index (κ1) is 14.8. The number of nitrogens with zero attached hydrogens (tertiary/aromatic N) is 1. The van der Waals surface area contributed by atoms with Crippen molar-refractivity contribution in [3.63, 3.8) is 0 Å². The third kappa shape index (κ3) is 2.44. The zero-order chi connectivity index (χ0) is 16.5. The molecule has 4 heteroatoms. The second-order valence-corrected chi connectivity index (χ2v) is 6.29. The van der Waals surface area contributed by atoms with Crippen molar-refractivity contribution < 1.29 is 4.79 Å². The molecule has 0 bridgehead atoms. The standard InChI is InChI=1S/C20H21N3O/c21-16-7-2-3-8-17(16)22-13-12-15-14-6-1-4-9-18(14)23-19(15)10-5-11-20(23)24/h1-4,6-9,22H,5,10-13,21H2. The van der Waals surface area contributed by atoms with Crippen molar-refractivity contribution in [3.05, 3.63) is 59.8 Å². The number of aromatic nitrogens is 1. The molecule has 122 valence electrons. The fourth-order valence-corrected chi connectivity index (χ4v) is 3.69. The highest BCUT2D eigenvalue weighted by Crippen LogP contribution is 2.31. The molecule has 0 saturated heterocycles. The summed E-state index contributed by atoms with van der Waals surface area (Å²) < 4.78 is 1.94. The minimum absolute atomic E-state index is 0.221. The number of nitrogens with one attached hydrogen (secondary N) is 1. The number of para-hydroxylation sites is 3. The van der Waals surface area contributed by atoms with Gasteiger partial charge in [0.15, 0.2) is 0 Å². The van der Waals surface area contributed by atoms with E-state index in [0.717, 1.165) is 42.7 Å². The van der Waals surface area contributed by atoms with Crippen molar-refractivity contribution in [3.8, 4) is 0 Å². The van der Waals surface area contributed by atoms with Crippen LogP contribution in [0, 0.1) is 0 Å². The Morgan fingerprint density at radius 1 is 1.04 bits per heavy atom. The van der Waals surface area contributed by atoms with Crippen LogP contribution in [-0.4, -0.2) is 17.0 Å². The van der Waals surface area contributed by atoms with Crippen molar-refractivity contribution in [2.24, 2.45) is 0 Å². The smallest absolute Gasteiger partial charge is 0.231 e. The molecule has 0 radical (unpaired) electrons. The number of hydrogen-bond donors (Lipinski definition) is 2. The summed E-state index contributed by atoms with van der Waals surface area (Å²) in [6, 6.07) is 16.0. The number of nitrogen functional groups attached to an aromatic ring is 1. The molecular weight excluding hydrogens is 298 g/mol. The first-order valence-electron chi connectivity index (χ1n) is 8.48. The largest absolute Gasteiger partial charge is 0.397 e. The molecule has 0 spiro atoms. The van der Waals surface area contributed by atoms with Crippen LogP contribution in [0.4, 0.5) is 11.4 Å². The summed E-state index contributed by atoms with van der Waals surface area (Å²) in [6.07, 6.45) is 3.44. The van der Waals surface area contributed by atoms with Crippen LogP contribution in [0.25, 0.3) is 10.9 Å². The predicted molar refractivity (Wildman–Crippen MR) is 98.6 cm³/mol. The van der Waals surface area contributed by atoms with E-state index in [4.69, 9.17) is 5.73 Å². The van der Waals surface area contributed by atoms with Gasteiger partial charge in [-0.1, -0.05) is 30.3 Å².